The minimum absolute atomic E-state index is 0.222. The lowest BCUT2D eigenvalue weighted by Gasteiger charge is -2.35. The molecule has 0 bridgehead atoms. The Morgan fingerprint density at radius 2 is 2.00 bits per heavy atom. The van der Waals surface area contributed by atoms with Gasteiger partial charge in [0.15, 0.2) is 8.32 Å². The molecule has 0 radical (unpaired) electrons. The lowest BCUT2D eigenvalue weighted by atomic mass is 10.2. The largest absolute Gasteiger partial charge is 0.442 e. The molecule has 120 valence electrons. The van der Waals surface area contributed by atoms with Crippen molar-refractivity contribution in [1.82, 2.24) is 10.3 Å². The molecule has 1 fully saturated rings. The van der Waals surface area contributed by atoms with Crippen LogP contribution in [0.3, 0.4) is 0 Å². The number of nitrogens with one attached hydrogen (secondary N) is 1. The second-order valence-corrected chi connectivity index (χ2v) is 12.4. The molecule has 0 atom stereocenters. The van der Waals surface area contributed by atoms with Gasteiger partial charge in [0.1, 0.15) is 5.76 Å². The maximum absolute atomic E-state index is 6.16. The van der Waals surface area contributed by atoms with Gasteiger partial charge < -0.3 is 14.2 Å². The van der Waals surface area contributed by atoms with Crippen molar-refractivity contribution in [2.45, 2.75) is 83.8 Å². The molecule has 0 amide bonds. The average molecular weight is 311 g/mol. The van der Waals surface area contributed by atoms with Gasteiger partial charge in [-0.3, -0.25) is 0 Å². The maximum Gasteiger partial charge on any atom is 0.208 e. The van der Waals surface area contributed by atoms with Crippen molar-refractivity contribution < 1.29 is 8.84 Å². The van der Waals surface area contributed by atoms with Crippen LogP contribution in [0.2, 0.25) is 18.1 Å². The summed E-state index contributed by atoms with van der Waals surface area (Å²) in [6, 6.07) is 0.642. The van der Waals surface area contributed by atoms with Crippen molar-refractivity contribution in [2.75, 3.05) is 0 Å². The van der Waals surface area contributed by atoms with E-state index >= 15 is 0 Å². The van der Waals surface area contributed by atoms with Gasteiger partial charge in [-0.15, -0.1) is 0 Å². The number of aromatic nitrogens is 1. The van der Waals surface area contributed by atoms with E-state index in [9.17, 15) is 0 Å². The SMILES string of the molecule is CC(C)(C)[Si](C)(C)OCc1cnc(CNC2CCCC2)o1. The van der Waals surface area contributed by atoms with Crippen LogP contribution in [0.1, 0.15) is 58.1 Å². The molecule has 0 aliphatic heterocycles. The summed E-state index contributed by atoms with van der Waals surface area (Å²) in [6.45, 7) is 12.5. The molecule has 1 aliphatic rings. The van der Waals surface area contributed by atoms with Crippen LogP contribution in [-0.4, -0.2) is 19.3 Å². The Morgan fingerprint density at radius 3 is 2.62 bits per heavy atom. The van der Waals surface area contributed by atoms with Gasteiger partial charge >= 0.3 is 0 Å². The fourth-order valence-electron chi connectivity index (χ4n) is 2.33. The van der Waals surface area contributed by atoms with Crippen LogP contribution in [0.5, 0.6) is 0 Å². The van der Waals surface area contributed by atoms with E-state index in [1.54, 1.807) is 6.20 Å². The molecule has 1 N–H and O–H groups in total. The highest BCUT2D eigenvalue weighted by atomic mass is 28.4. The summed E-state index contributed by atoms with van der Waals surface area (Å²) in [6.07, 6.45) is 7.05. The van der Waals surface area contributed by atoms with Crippen LogP contribution < -0.4 is 5.32 Å². The summed E-state index contributed by atoms with van der Waals surface area (Å²) in [4.78, 5) is 4.35. The summed E-state index contributed by atoms with van der Waals surface area (Å²) in [5, 5.41) is 3.74. The Bertz CT molecular complexity index is 445. The molecule has 0 unspecified atom stereocenters. The Kier molecular flexibility index (Phi) is 5.27. The summed E-state index contributed by atoms with van der Waals surface area (Å²) >= 11 is 0. The third kappa shape index (κ3) is 4.66. The maximum atomic E-state index is 6.16. The van der Waals surface area contributed by atoms with E-state index < -0.39 is 8.32 Å². The van der Waals surface area contributed by atoms with Crippen LogP contribution in [-0.2, 0) is 17.6 Å². The molecule has 21 heavy (non-hydrogen) atoms. The predicted octanol–water partition coefficient (Wildman–Crippen LogP) is 4.23. The van der Waals surface area contributed by atoms with Gasteiger partial charge in [-0.1, -0.05) is 33.6 Å². The molecule has 5 heteroatoms. The van der Waals surface area contributed by atoms with Gasteiger partial charge in [-0.25, -0.2) is 4.98 Å². The lowest BCUT2D eigenvalue weighted by Crippen LogP contribution is -2.40. The zero-order chi connectivity index (χ0) is 15.5. The molecule has 0 saturated heterocycles. The van der Waals surface area contributed by atoms with E-state index in [0.29, 0.717) is 12.6 Å². The second kappa shape index (κ2) is 6.63. The highest BCUT2D eigenvalue weighted by Crippen LogP contribution is 2.37. The summed E-state index contributed by atoms with van der Waals surface area (Å²) in [7, 11) is -1.72. The fourth-order valence-corrected chi connectivity index (χ4v) is 3.26. The molecule has 0 aromatic carbocycles. The zero-order valence-electron chi connectivity index (χ0n) is 14.2. The highest BCUT2D eigenvalue weighted by molar-refractivity contribution is 6.74. The molecule has 2 rings (SSSR count). The van der Waals surface area contributed by atoms with Crippen molar-refractivity contribution in [3.05, 3.63) is 17.8 Å². The first-order valence-electron chi connectivity index (χ1n) is 8.09. The molecule has 1 aromatic rings. The Balaban J connectivity index is 1.80. The van der Waals surface area contributed by atoms with Gasteiger partial charge in [0.25, 0.3) is 0 Å². The van der Waals surface area contributed by atoms with Crippen molar-refractivity contribution in [3.63, 3.8) is 0 Å². The standard InChI is InChI=1S/C16H30N2O2Si/c1-16(2,3)21(4,5)19-12-14-10-18-15(20-14)11-17-13-8-6-7-9-13/h10,13,17H,6-9,11-12H2,1-5H3. The third-order valence-corrected chi connectivity index (χ3v) is 9.36. The van der Waals surface area contributed by atoms with Crippen molar-refractivity contribution in [1.29, 1.82) is 0 Å². The van der Waals surface area contributed by atoms with E-state index in [1.165, 1.54) is 25.7 Å². The summed E-state index contributed by atoms with van der Waals surface area (Å²) in [5.41, 5.74) is 0. The first kappa shape index (κ1) is 16.7. The fraction of sp³-hybridized carbons (Fsp3) is 0.812. The van der Waals surface area contributed by atoms with Gasteiger partial charge in [-0.2, -0.15) is 0 Å². The molecular formula is C16H30N2O2Si. The smallest absolute Gasteiger partial charge is 0.208 e. The normalized spacial score (nSPS) is 17.6. The van der Waals surface area contributed by atoms with Crippen molar-refractivity contribution in [3.8, 4) is 0 Å². The quantitative estimate of drug-likeness (QED) is 0.799. The Labute approximate surface area is 129 Å². The number of nitrogens with zero attached hydrogens (tertiary/aromatic N) is 1. The van der Waals surface area contributed by atoms with Gasteiger partial charge in [0, 0.05) is 6.04 Å². The number of hydrogen-bond donors (Lipinski definition) is 1. The first-order valence-corrected chi connectivity index (χ1v) is 11.0. The van der Waals surface area contributed by atoms with E-state index in [4.69, 9.17) is 8.84 Å². The Hall–Kier alpha value is -0.653. The first-order chi connectivity index (χ1) is 9.78. The molecule has 1 saturated carbocycles. The Morgan fingerprint density at radius 1 is 1.33 bits per heavy atom. The van der Waals surface area contributed by atoms with Gasteiger partial charge in [0.05, 0.1) is 19.3 Å². The van der Waals surface area contributed by atoms with Crippen molar-refractivity contribution in [2.24, 2.45) is 0 Å². The molecule has 1 aromatic heterocycles. The van der Waals surface area contributed by atoms with Crippen LogP contribution >= 0.6 is 0 Å². The minimum Gasteiger partial charge on any atom is -0.442 e. The van der Waals surface area contributed by atoms with Gasteiger partial charge in [-0.05, 0) is 31.0 Å². The molecule has 1 aliphatic carbocycles. The van der Waals surface area contributed by atoms with E-state index in [-0.39, 0.29) is 5.04 Å². The summed E-state index contributed by atoms with van der Waals surface area (Å²) < 4.78 is 11.9. The molecule has 1 heterocycles. The number of hydrogen-bond acceptors (Lipinski definition) is 4. The van der Waals surface area contributed by atoms with Crippen LogP contribution in [0, 0.1) is 0 Å². The number of oxazole rings is 1. The summed E-state index contributed by atoms with van der Waals surface area (Å²) in [5.74, 6) is 1.61. The average Bonchev–Trinajstić information content (AvgIpc) is 3.04. The molecular weight excluding hydrogens is 280 g/mol. The minimum atomic E-state index is -1.72. The van der Waals surface area contributed by atoms with Gasteiger partial charge in [0.2, 0.25) is 5.89 Å². The zero-order valence-corrected chi connectivity index (χ0v) is 15.2. The van der Waals surface area contributed by atoms with E-state index in [2.05, 4.69) is 44.2 Å². The molecule has 4 nitrogen and oxygen atoms in total. The van der Waals surface area contributed by atoms with E-state index in [1.807, 2.05) is 0 Å². The topological polar surface area (TPSA) is 47.3 Å². The third-order valence-electron chi connectivity index (χ3n) is 4.88. The highest BCUT2D eigenvalue weighted by Gasteiger charge is 2.37. The van der Waals surface area contributed by atoms with E-state index in [0.717, 1.165) is 18.2 Å². The van der Waals surface area contributed by atoms with Crippen LogP contribution in [0.15, 0.2) is 10.6 Å². The second-order valence-electron chi connectivity index (χ2n) is 7.63. The van der Waals surface area contributed by atoms with Crippen molar-refractivity contribution >= 4 is 8.32 Å². The van der Waals surface area contributed by atoms with Crippen LogP contribution in [0.25, 0.3) is 0 Å². The number of rotatable bonds is 6. The predicted molar refractivity (Wildman–Crippen MR) is 87.6 cm³/mol. The van der Waals surface area contributed by atoms with Crippen LogP contribution in [0.4, 0.5) is 0 Å². The lowest BCUT2D eigenvalue weighted by molar-refractivity contribution is 0.241. The monoisotopic (exact) mass is 310 g/mol. The molecule has 0 spiro atoms.